The highest BCUT2D eigenvalue weighted by Gasteiger charge is 2.22. The number of pyridine rings is 1. The fourth-order valence-corrected chi connectivity index (χ4v) is 1.62. The van der Waals surface area contributed by atoms with Crippen LogP contribution >= 0.6 is 0 Å². The minimum Gasteiger partial charge on any atom is -0.477 e. The topological polar surface area (TPSA) is 22.1 Å². The maximum Gasteiger partial charge on any atom is 0.213 e. The second-order valence-corrected chi connectivity index (χ2v) is 4.10. The average molecular weight is 199 g/mol. The minimum absolute atomic E-state index is 0.751. The van der Waals surface area contributed by atoms with E-state index in [0.29, 0.717) is 0 Å². The van der Waals surface area contributed by atoms with Gasteiger partial charge < -0.3 is 4.74 Å². The van der Waals surface area contributed by atoms with Gasteiger partial charge in [0.05, 0.1) is 12.1 Å². The summed E-state index contributed by atoms with van der Waals surface area (Å²) in [6.07, 6.45) is 2.63. The zero-order valence-electron chi connectivity index (χ0n) is 8.52. The predicted octanol–water partition coefficient (Wildman–Crippen LogP) is 3.02. The van der Waals surface area contributed by atoms with Gasteiger partial charge in [-0.2, -0.15) is 0 Å². The Bertz CT molecular complexity index is 477. The summed E-state index contributed by atoms with van der Waals surface area (Å²) >= 11 is 0. The van der Waals surface area contributed by atoms with E-state index in [4.69, 9.17) is 4.74 Å². The van der Waals surface area contributed by atoms with E-state index in [0.717, 1.165) is 29.3 Å². The van der Waals surface area contributed by atoms with Crippen LogP contribution < -0.4 is 4.74 Å². The van der Waals surface area contributed by atoms with Crippen LogP contribution in [0.1, 0.15) is 12.8 Å². The van der Waals surface area contributed by atoms with Gasteiger partial charge in [-0.25, -0.2) is 4.98 Å². The molecule has 1 fully saturated rings. The lowest BCUT2D eigenvalue weighted by molar-refractivity contribution is 0.289. The van der Waals surface area contributed by atoms with Crippen LogP contribution in [0.4, 0.5) is 0 Å². The molecule has 1 aliphatic rings. The standard InChI is InChI=1S/C13H13NO/c1-2-4-12-11(3-1)7-8-13(14-12)15-9-10-5-6-10/h1-4,7-8,10H,5-6,9H2. The third-order valence-electron chi connectivity index (χ3n) is 2.74. The largest absolute Gasteiger partial charge is 0.477 e. The molecule has 0 unspecified atom stereocenters. The molecule has 0 atom stereocenters. The van der Waals surface area contributed by atoms with Crippen LogP contribution in [0.2, 0.25) is 0 Å². The number of rotatable bonds is 3. The van der Waals surface area contributed by atoms with Crippen molar-refractivity contribution in [2.24, 2.45) is 5.92 Å². The first-order chi connectivity index (χ1) is 7.42. The lowest BCUT2D eigenvalue weighted by atomic mass is 10.2. The number of hydrogen-bond donors (Lipinski definition) is 0. The molecule has 1 heterocycles. The Morgan fingerprint density at radius 2 is 2.00 bits per heavy atom. The number of aromatic nitrogens is 1. The maximum absolute atomic E-state index is 5.63. The second kappa shape index (κ2) is 3.54. The van der Waals surface area contributed by atoms with E-state index in [1.165, 1.54) is 12.8 Å². The number of ether oxygens (including phenoxy) is 1. The molecule has 15 heavy (non-hydrogen) atoms. The van der Waals surface area contributed by atoms with Crippen LogP contribution in [-0.4, -0.2) is 11.6 Å². The lowest BCUT2D eigenvalue weighted by Crippen LogP contribution is -2.00. The van der Waals surface area contributed by atoms with Gasteiger partial charge in [0.2, 0.25) is 5.88 Å². The van der Waals surface area contributed by atoms with Gasteiger partial charge in [-0.3, -0.25) is 0 Å². The van der Waals surface area contributed by atoms with Crippen molar-refractivity contribution >= 4 is 10.9 Å². The quantitative estimate of drug-likeness (QED) is 0.758. The van der Waals surface area contributed by atoms with Crippen molar-refractivity contribution in [1.82, 2.24) is 4.98 Å². The summed E-state index contributed by atoms with van der Waals surface area (Å²) in [6.45, 7) is 0.825. The Labute approximate surface area is 88.9 Å². The monoisotopic (exact) mass is 199 g/mol. The van der Waals surface area contributed by atoms with Gasteiger partial charge >= 0.3 is 0 Å². The molecular weight excluding hydrogens is 186 g/mol. The molecule has 0 saturated heterocycles. The first-order valence-corrected chi connectivity index (χ1v) is 5.40. The van der Waals surface area contributed by atoms with E-state index < -0.39 is 0 Å². The summed E-state index contributed by atoms with van der Waals surface area (Å²) in [5.41, 5.74) is 1.01. The maximum atomic E-state index is 5.63. The number of fused-ring (bicyclic) bond motifs is 1. The van der Waals surface area contributed by atoms with Crippen LogP contribution in [0, 0.1) is 5.92 Å². The fraction of sp³-hybridized carbons (Fsp3) is 0.308. The summed E-state index contributed by atoms with van der Waals surface area (Å²) in [7, 11) is 0. The average Bonchev–Trinajstić information content (AvgIpc) is 3.10. The molecule has 0 amide bonds. The molecule has 3 rings (SSSR count). The van der Waals surface area contributed by atoms with E-state index in [1.54, 1.807) is 0 Å². The molecule has 0 spiro atoms. The number of para-hydroxylation sites is 1. The van der Waals surface area contributed by atoms with Crippen molar-refractivity contribution < 1.29 is 4.74 Å². The molecule has 1 aliphatic carbocycles. The summed E-state index contributed by atoms with van der Waals surface area (Å²) in [5.74, 6) is 1.53. The minimum atomic E-state index is 0.751. The molecule has 0 radical (unpaired) electrons. The van der Waals surface area contributed by atoms with Gasteiger partial charge in [-0.15, -0.1) is 0 Å². The smallest absolute Gasteiger partial charge is 0.213 e. The van der Waals surface area contributed by atoms with Crippen molar-refractivity contribution in [3.05, 3.63) is 36.4 Å². The Balaban J connectivity index is 1.84. The molecule has 76 valence electrons. The van der Waals surface area contributed by atoms with E-state index in [-0.39, 0.29) is 0 Å². The highest BCUT2D eigenvalue weighted by Crippen LogP contribution is 2.29. The summed E-state index contributed by atoms with van der Waals surface area (Å²) in [4.78, 5) is 4.45. The van der Waals surface area contributed by atoms with E-state index in [1.807, 2.05) is 24.3 Å². The Hall–Kier alpha value is -1.57. The zero-order valence-corrected chi connectivity index (χ0v) is 8.52. The van der Waals surface area contributed by atoms with Crippen molar-refractivity contribution in [3.63, 3.8) is 0 Å². The van der Waals surface area contributed by atoms with Gasteiger partial charge in [-0.05, 0) is 30.9 Å². The normalized spacial score (nSPS) is 15.5. The van der Waals surface area contributed by atoms with Crippen LogP contribution in [0.25, 0.3) is 10.9 Å². The first-order valence-electron chi connectivity index (χ1n) is 5.40. The molecule has 0 aliphatic heterocycles. The van der Waals surface area contributed by atoms with Gasteiger partial charge in [0.15, 0.2) is 0 Å². The lowest BCUT2D eigenvalue weighted by Gasteiger charge is -2.04. The first kappa shape index (κ1) is 8.72. The number of benzene rings is 1. The molecular formula is C13H13NO. The highest BCUT2D eigenvalue weighted by atomic mass is 16.5. The Morgan fingerprint density at radius 1 is 1.13 bits per heavy atom. The summed E-state index contributed by atoms with van der Waals surface area (Å²) in [6, 6.07) is 12.1. The van der Waals surface area contributed by atoms with Gasteiger partial charge in [0.1, 0.15) is 0 Å². The molecule has 2 aromatic rings. The number of hydrogen-bond acceptors (Lipinski definition) is 2. The predicted molar refractivity (Wildman–Crippen MR) is 60.0 cm³/mol. The molecule has 2 nitrogen and oxygen atoms in total. The van der Waals surface area contributed by atoms with Crippen molar-refractivity contribution in [2.75, 3.05) is 6.61 Å². The van der Waals surface area contributed by atoms with Crippen molar-refractivity contribution in [1.29, 1.82) is 0 Å². The molecule has 0 N–H and O–H groups in total. The van der Waals surface area contributed by atoms with Crippen LogP contribution in [0.5, 0.6) is 5.88 Å². The molecule has 1 aromatic heterocycles. The van der Waals surface area contributed by atoms with Crippen LogP contribution in [0.15, 0.2) is 36.4 Å². The highest BCUT2D eigenvalue weighted by molar-refractivity contribution is 5.78. The molecule has 2 heteroatoms. The van der Waals surface area contributed by atoms with Crippen molar-refractivity contribution in [3.8, 4) is 5.88 Å². The molecule has 1 aromatic carbocycles. The Kier molecular flexibility index (Phi) is 2.05. The zero-order chi connectivity index (χ0) is 10.1. The van der Waals surface area contributed by atoms with Gasteiger partial charge in [0.25, 0.3) is 0 Å². The molecule has 1 saturated carbocycles. The van der Waals surface area contributed by atoms with Crippen LogP contribution in [0.3, 0.4) is 0 Å². The third kappa shape index (κ3) is 1.94. The van der Waals surface area contributed by atoms with Crippen molar-refractivity contribution in [2.45, 2.75) is 12.8 Å². The number of nitrogens with zero attached hydrogens (tertiary/aromatic N) is 1. The Morgan fingerprint density at radius 3 is 2.87 bits per heavy atom. The van der Waals surface area contributed by atoms with Gasteiger partial charge in [0, 0.05) is 11.5 Å². The van der Waals surface area contributed by atoms with E-state index in [2.05, 4.69) is 17.1 Å². The van der Waals surface area contributed by atoms with E-state index >= 15 is 0 Å². The second-order valence-electron chi connectivity index (χ2n) is 4.10. The third-order valence-corrected chi connectivity index (χ3v) is 2.74. The summed E-state index contributed by atoms with van der Waals surface area (Å²) in [5, 5.41) is 1.16. The SMILES string of the molecule is c1ccc2nc(OCC3CC3)ccc2c1. The fourth-order valence-electron chi connectivity index (χ4n) is 1.62. The molecule has 0 bridgehead atoms. The summed E-state index contributed by atoms with van der Waals surface area (Å²) < 4.78 is 5.63. The van der Waals surface area contributed by atoms with E-state index in [9.17, 15) is 0 Å². The van der Waals surface area contributed by atoms with Crippen LogP contribution in [-0.2, 0) is 0 Å². The van der Waals surface area contributed by atoms with Gasteiger partial charge in [-0.1, -0.05) is 18.2 Å².